The first kappa shape index (κ1) is 42.4. The van der Waals surface area contributed by atoms with Crippen LogP contribution in [-0.4, -0.2) is 48.1 Å². The molecule has 0 unspecified atom stereocenters. The zero-order valence-electron chi connectivity index (χ0n) is 27.8. The first-order valence-electron chi connectivity index (χ1n) is 14.6. The number of halogens is 1. The van der Waals surface area contributed by atoms with E-state index in [1.165, 1.54) is 12.4 Å². The van der Waals surface area contributed by atoms with Gasteiger partial charge in [0.25, 0.3) is 0 Å². The summed E-state index contributed by atoms with van der Waals surface area (Å²) in [6.07, 6.45) is 4.69. The highest BCUT2D eigenvalue weighted by Gasteiger charge is 2.20. The van der Waals surface area contributed by atoms with Crippen molar-refractivity contribution in [1.82, 2.24) is 25.3 Å². The number of fused-ring (bicyclic) bond motifs is 2. The van der Waals surface area contributed by atoms with E-state index in [1.807, 2.05) is 55.4 Å². The molecule has 0 aliphatic rings. The molecule has 4 rings (SSSR count). The van der Waals surface area contributed by atoms with E-state index in [1.54, 1.807) is 45.0 Å². The van der Waals surface area contributed by atoms with Crippen molar-refractivity contribution in [3.63, 3.8) is 0 Å². The lowest BCUT2D eigenvalue weighted by Gasteiger charge is -2.20. The van der Waals surface area contributed by atoms with Crippen molar-refractivity contribution in [2.45, 2.75) is 81.8 Å². The number of anilines is 1. The summed E-state index contributed by atoms with van der Waals surface area (Å²) >= 11 is 5.79. The van der Waals surface area contributed by atoms with Gasteiger partial charge in [0.2, 0.25) is 0 Å². The Balaban J connectivity index is 0. The Morgan fingerprint density at radius 3 is 1.71 bits per heavy atom. The largest absolute Gasteiger partial charge is 0.444 e. The monoisotopic (exact) mass is 648 g/mol. The SMILES string of the molecule is CC.CC.CC.CC.CC(C)(C)OC(=O)NCNc1c([N+](=O)[O-])cnc2cccnc12.O=[N+]([O-])c1cnc2cccnc2c1Cl. The molecule has 15 heteroatoms. The zero-order chi connectivity index (χ0) is 35.2. The van der Waals surface area contributed by atoms with Gasteiger partial charge in [-0.1, -0.05) is 67.0 Å². The topological polar surface area (TPSA) is 188 Å². The van der Waals surface area contributed by atoms with Crippen LogP contribution in [0.5, 0.6) is 0 Å². The van der Waals surface area contributed by atoms with Crippen molar-refractivity contribution in [2.75, 3.05) is 12.0 Å². The molecule has 14 nitrogen and oxygen atoms in total. The van der Waals surface area contributed by atoms with Crippen LogP contribution in [0.4, 0.5) is 21.9 Å². The van der Waals surface area contributed by atoms with Crippen molar-refractivity contribution >= 4 is 56.8 Å². The summed E-state index contributed by atoms with van der Waals surface area (Å²) < 4.78 is 5.09. The Morgan fingerprint density at radius 1 is 0.800 bits per heavy atom. The fourth-order valence-corrected chi connectivity index (χ4v) is 3.21. The molecule has 0 saturated carbocycles. The van der Waals surface area contributed by atoms with Crippen molar-refractivity contribution in [3.8, 4) is 0 Å². The van der Waals surface area contributed by atoms with Crippen LogP contribution in [0.2, 0.25) is 5.02 Å². The molecule has 0 fully saturated rings. The van der Waals surface area contributed by atoms with E-state index in [0.29, 0.717) is 22.1 Å². The third kappa shape index (κ3) is 14.1. The minimum atomic E-state index is -0.626. The van der Waals surface area contributed by atoms with Gasteiger partial charge in [0, 0.05) is 12.4 Å². The van der Waals surface area contributed by atoms with E-state index >= 15 is 0 Å². The average Bonchev–Trinajstić information content (AvgIpc) is 3.04. The lowest BCUT2D eigenvalue weighted by molar-refractivity contribution is -0.384. The molecule has 4 aromatic rings. The lowest BCUT2D eigenvalue weighted by atomic mass is 10.2. The first-order valence-corrected chi connectivity index (χ1v) is 15.0. The molecule has 0 bridgehead atoms. The maximum Gasteiger partial charge on any atom is 0.409 e. The Labute approximate surface area is 269 Å². The maximum absolute atomic E-state index is 11.6. The van der Waals surface area contributed by atoms with E-state index in [0.717, 1.165) is 12.4 Å². The van der Waals surface area contributed by atoms with Crippen molar-refractivity contribution in [1.29, 1.82) is 0 Å². The average molecular weight is 649 g/mol. The molecule has 0 aliphatic heterocycles. The van der Waals surface area contributed by atoms with Gasteiger partial charge < -0.3 is 15.4 Å². The highest BCUT2D eigenvalue weighted by molar-refractivity contribution is 6.36. The number of amides is 1. The number of hydrogen-bond acceptors (Lipinski definition) is 11. The minimum absolute atomic E-state index is 0.0283. The number of alkyl carbamates (subject to hydrolysis) is 1. The zero-order valence-corrected chi connectivity index (χ0v) is 28.6. The van der Waals surface area contributed by atoms with Crippen LogP contribution in [0, 0.1) is 20.2 Å². The maximum atomic E-state index is 11.6. The fraction of sp³-hybridized carbons (Fsp3) is 0.433. The summed E-state index contributed by atoms with van der Waals surface area (Å²) in [4.78, 5) is 48.0. The second-order valence-corrected chi connectivity index (χ2v) is 8.64. The molecule has 2 N–H and O–H groups in total. The minimum Gasteiger partial charge on any atom is -0.444 e. The number of nitrogens with zero attached hydrogens (tertiary/aromatic N) is 6. The number of aromatic nitrogens is 4. The third-order valence-corrected chi connectivity index (χ3v) is 4.81. The fourth-order valence-electron chi connectivity index (χ4n) is 2.95. The molecule has 0 atom stereocenters. The molecule has 0 saturated heterocycles. The number of pyridine rings is 4. The Morgan fingerprint density at radius 2 is 1.24 bits per heavy atom. The molecule has 0 spiro atoms. The second-order valence-electron chi connectivity index (χ2n) is 8.26. The van der Waals surface area contributed by atoms with Crippen LogP contribution >= 0.6 is 11.6 Å². The highest BCUT2D eigenvalue weighted by atomic mass is 35.5. The Bertz CT molecular complexity index is 1480. The predicted octanol–water partition coefficient (Wildman–Crippen LogP) is 8.73. The van der Waals surface area contributed by atoms with Crippen LogP contribution in [0.15, 0.2) is 49.1 Å². The molecular weight excluding hydrogens is 604 g/mol. The quantitative estimate of drug-likeness (QED) is 0.119. The van der Waals surface area contributed by atoms with Crippen molar-refractivity contribution in [3.05, 3.63) is 74.3 Å². The van der Waals surface area contributed by atoms with Crippen LogP contribution < -0.4 is 10.6 Å². The predicted molar refractivity (Wildman–Crippen MR) is 181 cm³/mol. The first-order chi connectivity index (χ1) is 21.5. The van der Waals surface area contributed by atoms with E-state index < -0.39 is 21.5 Å². The second kappa shape index (κ2) is 22.8. The number of hydrogen-bond donors (Lipinski definition) is 2. The lowest BCUT2D eigenvalue weighted by Crippen LogP contribution is -2.35. The van der Waals surface area contributed by atoms with E-state index in [-0.39, 0.29) is 28.8 Å². The van der Waals surface area contributed by atoms with E-state index in [2.05, 4.69) is 30.6 Å². The Hall–Kier alpha value is -4.72. The number of carbonyl (C=O) groups excluding carboxylic acids is 1. The van der Waals surface area contributed by atoms with Gasteiger partial charge in [-0.25, -0.2) is 14.8 Å². The van der Waals surface area contributed by atoms with Crippen LogP contribution in [0.3, 0.4) is 0 Å². The summed E-state index contributed by atoms with van der Waals surface area (Å²) in [7, 11) is 0. The summed E-state index contributed by atoms with van der Waals surface area (Å²) in [6, 6.07) is 6.76. The smallest absolute Gasteiger partial charge is 0.409 e. The van der Waals surface area contributed by atoms with Gasteiger partial charge in [0.15, 0.2) is 0 Å². The van der Waals surface area contributed by atoms with Gasteiger partial charge in [-0.2, -0.15) is 0 Å². The number of nitro groups is 2. The van der Waals surface area contributed by atoms with Gasteiger partial charge in [-0.3, -0.25) is 30.2 Å². The highest BCUT2D eigenvalue weighted by Crippen LogP contribution is 2.30. The number of ether oxygens (including phenoxy) is 1. The van der Waals surface area contributed by atoms with Gasteiger partial charge in [0.05, 0.1) is 27.5 Å². The van der Waals surface area contributed by atoms with Crippen LogP contribution in [0.1, 0.15) is 76.2 Å². The van der Waals surface area contributed by atoms with Crippen molar-refractivity contribution < 1.29 is 19.4 Å². The van der Waals surface area contributed by atoms with Crippen LogP contribution in [-0.2, 0) is 4.74 Å². The molecular formula is C30H45ClN8O6. The molecule has 248 valence electrons. The number of carbonyl (C=O) groups is 1. The number of nitrogens with one attached hydrogen (secondary N) is 2. The van der Waals surface area contributed by atoms with Gasteiger partial charge in [-0.05, 0) is 45.0 Å². The summed E-state index contributed by atoms with van der Waals surface area (Å²) in [5.74, 6) is 0. The standard InChI is InChI=1S/C14H17N5O4.C8H4ClN3O2.4C2H6/c1-14(2,3)23-13(20)18-8-17-12-10(19(21)22)7-16-9-5-4-6-15-11(9)12;9-7-6(12(13)14)4-11-5-2-1-3-10-8(5)7;4*1-2/h4-7H,8H2,1-3H3,(H,16,17)(H,18,20);1-4H;4*1-2H3. The van der Waals surface area contributed by atoms with Gasteiger partial charge in [-0.15, -0.1) is 0 Å². The van der Waals surface area contributed by atoms with E-state index in [4.69, 9.17) is 16.3 Å². The molecule has 0 aliphatic carbocycles. The van der Waals surface area contributed by atoms with Crippen LogP contribution in [0.25, 0.3) is 22.1 Å². The molecule has 0 radical (unpaired) electrons. The normalized spacial score (nSPS) is 9.42. The molecule has 4 aromatic heterocycles. The third-order valence-electron chi connectivity index (χ3n) is 4.44. The number of rotatable bonds is 5. The summed E-state index contributed by atoms with van der Waals surface area (Å²) in [5, 5.41) is 27.0. The van der Waals surface area contributed by atoms with E-state index in [9.17, 15) is 25.0 Å². The molecule has 45 heavy (non-hydrogen) atoms. The van der Waals surface area contributed by atoms with Gasteiger partial charge >= 0.3 is 17.5 Å². The Kier molecular flexibility index (Phi) is 21.5. The molecule has 0 aromatic carbocycles. The van der Waals surface area contributed by atoms with Gasteiger partial charge in [0.1, 0.15) is 39.7 Å². The summed E-state index contributed by atoms with van der Waals surface area (Å²) in [5.41, 5.74) is 0.884. The summed E-state index contributed by atoms with van der Waals surface area (Å²) in [6.45, 7) is 21.2. The molecule has 1 amide bonds. The molecule has 4 heterocycles. The van der Waals surface area contributed by atoms with Crippen molar-refractivity contribution in [2.24, 2.45) is 0 Å².